The van der Waals surface area contributed by atoms with Gasteiger partial charge in [0.15, 0.2) is 5.78 Å². The lowest BCUT2D eigenvalue weighted by Gasteiger charge is -2.16. The van der Waals surface area contributed by atoms with Crippen molar-refractivity contribution < 1.29 is 4.79 Å². The van der Waals surface area contributed by atoms with Gasteiger partial charge in [0.05, 0.1) is 5.52 Å². The maximum atomic E-state index is 11.9. The third-order valence-electron chi connectivity index (χ3n) is 2.47. The van der Waals surface area contributed by atoms with Gasteiger partial charge >= 0.3 is 0 Å². The molecule has 0 amide bonds. The molecule has 0 atom stereocenters. The smallest absolute Gasteiger partial charge is 0.154 e. The molecule has 0 radical (unpaired) electrons. The van der Waals surface area contributed by atoms with Crippen LogP contribution in [0.4, 0.5) is 0 Å². The van der Waals surface area contributed by atoms with Crippen molar-refractivity contribution in [1.29, 1.82) is 0 Å². The van der Waals surface area contributed by atoms with Crippen LogP contribution in [0.25, 0.3) is 11.0 Å². The molecule has 0 aliphatic carbocycles. The summed E-state index contributed by atoms with van der Waals surface area (Å²) < 4.78 is 1.67. The van der Waals surface area contributed by atoms with Gasteiger partial charge in [-0.25, -0.2) is 4.68 Å². The van der Waals surface area contributed by atoms with Crippen molar-refractivity contribution in [3.63, 3.8) is 0 Å². The van der Waals surface area contributed by atoms with Crippen LogP contribution >= 0.6 is 0 Å². The Morgan fingerprint density at radius 3 is 2.71 bits per heavy atom. The van der Waals surface area contributed by atoms with E-state index < -0.39 is 0 Å². The second-order valence-corrected chi connectivity index (χ2v) is 5.51. The first-order chi connectivity index (χ1) is 7.96. The minimum absolute atomic E-state index is 0.0213. The number of aromatic nitrogens is 3. The molecule has 0 aliphatic rings. The fourth-order valence-corrected chi connectivity index (χ4v) is 1.85. The van der Waals surface area contributed by atoms with E-state index in [2.05, 4.69) is 31.1 Å². The molecule has 0 bridgehead atoms. The Morgan fingerprint density at radius 2 is 2.00 bits per heavy atom. The minimum atomic E-state index is 0.0213. The molecular weight excluding hydrogens is 214 g/mol. The molecule has 2 aromatic rings. The van der Waals surface area contributed by atoms with Crippen molar-refractivity contribution in [2.75, 3.05) is 0 Å². The van der Waals surface area contributed by atoms with E-state index in [4.69, 9.17) is 0 Å². The summed E-state index contributed by atoms with van der Waals surface area (Å²) in [6.07, 6.45) is 0.557. The molecule has 0 saturated carbocycles. The zero-order chi connectivity index (χ0) is 12.5. The number of Topliss-reactive ketones (excluding diaryl/α,β-unsaturated/α-hetero) is 1. The Hall–Kier alpha value is -1.71. The van der Waals surface area contributed by atoms with Crippen molar-refractivity contribution in [2.24, 2.45) is 5.41 Å². The number of nitrogens with zero attached hydrogens (tertiary/aromatic N) is 3. The number of rotatable bonds is 3. The predicted octanol–water partition coefficient (Wildman–Crippen LogP) is 2.44. The monoisotopic (exact) mass is 231 g/mol. The molecule has 90 valence electrons. The summed E-state index contributed by atoms with van der Waals surface area (Å²) in [5, 5.41) is 8.04. The molecule has 0 unspecified atom stereocenters. The number of hydrogen-bond donors (Lipinski definition) is 0. The number of fused-ring (bicyclic) bond motifs is 1. The quantitative estimate of drug-likeness (QED) is 0.815. The molecule has 0 fully saturated rings. The summed E-state index contributed by atoms with van der Waals surface area (Å²) in [5.41, 5.74) is 1.76. The first kappa shape index (κ1) is 11.8. The molecule has 0 saturated heterocycles. The second-order valence-electron chi connectivity index (χ2n) is 5.51. The van der Waals surface area contributed by atoms with Crippen LogP contribution in [-0.2, 0) is 11.3 Å². The number of para-hydroxylation sites is 1. The van der Waals surface area contributed by atoms with E-state index in [0.717, 1.165) is 11.0 Å². The lowest BCUT2D eigenvalue weighted by Crippen LogP contribution is -2.18. The van der Waals surface area contributed by atoms with Crippen LogP contribution in [0.1, 0.15) is 27.2 Å². The van der Waals surface area contributed by atoms with Gasteiger partial charge in [-0.2, -0.15) is 0 Å². The first-order valence-corrected chi connectivity index (χ1v) is 5.76. The highest BCUT2D eigenvalue weighted by Gasteiger charge is 2.17. The lowest BCUT2D eigenvalue weighted by atomic mass is 9.90. The van der Waals surface area contributed by atoms with E-state index in [9.17, 15) is 4.79 Å². The van der Waals surface area contributed by atoms with E-state index in [0.29, 0.717) is 13.0 Å². The molecule has 1 aromatic carbocycles. The number of hydrogen-bond acceptors (Lipinski definition) is 3. The molecule has 17 heavy (non-hydrogen) atoms. The third kappa shape index (κ3) is 2.90. The standard InChI is InChI=1S/C13H17N3O/c1-13(2,3)8-10(17)9-16-12-7-5-4-6-11(12)14-15-16/h4-7H,8-9H2,1-3H3. The minimum Gasteiger partial charge on any atom is -0.298 e. The molecular formula is C13H17N3O. The maximum Gasteiger partial charge on any atom is 0.154 e. The molecule has 1 heterocycles. The average molecular weight is 231 g/mol. The van der Waals surface area contributed by atoms with E-state index in [1.54, 1.807) is 4.68 Å². The topological polar surface area (TPSA) is 47.8 Å². The summed E-state index contributed by atoms with van der Waals surface area (Å²) in [6, 6.07) is 7.67. The molecule has 2 rings (SSSR count). The molecule has 0 spiro atoms. The molecule has 0 aliphatic heterocycles. The normalized spacial score (nSPS) is 11.9. The predicted molar refractivity (Wildman–Crippen MR) is 66.6 cm³/mol. The van der Waals surface area contributed by atoms with Crippen molar-refractivity contribution in [1.82, 2.24) is 15.0 Å². The third-order valence-corrected chi connectivity index (χ3v) is 2.47. The van der Waals surface area contributed by atoms with Gasteiger partial charge in [0.1, 0.15) is 12.1 Å². The van der Waals surface area contributed by atoms with Gasteiger partial charge in [0.25, 0.3) is 0 Å². The Balaban J connectivity index is 2.16. The van der Waals surface area contributed by atoms with Crippen LogP contribution in [0.3, 0.4) is 0 Å². The summed E-state index contributed by atoms with van der Waals surface area (Å²) >= 11 is 0. The van der Waals surface area contributed by atoms with E-state index in [-0.39, 0.29) is 11.2 Å². The SMILES string of the molecule is CC(C)(C)CC(=O)Cn1nnc2ccccc21. The van der Waals surface area contributed by atoms with Crippen LogP contribution in [0.5, 0.6) is 0 Å². The highest BCUT2D eigenvalue weighted by molar-refractivity contribution is 5.81. The molecule has 4 nitrogen and oxygen atoms in total. The van der Waals surface area contributed by atoms with Crippen LogP contribution in [0.2, 0.25) is 0 Å². The van der Waals surface area contributed by atoms with Gasteiger partial charge < -0.3 is 0 Å². The van der Waals surface area contributed by atoms with Gasteiger partial charge in [0.2, 0.25) is 0 Å². The Bertz CT molecular complexity index is 537. The molecule has 4 heteroatoms. The van der Waals surface area contributed by atoms with Crippen molar-refractivity contribution in [3.8, 4) is 0 Å². The largest absolute Gasteiger partial charge is 0.298 e. The van der Waals surface area contributed by atoms with E-state index in [1.165, 1.54) is 0 Å². The summed E-state index contributed by atoms with van der Waals surface area (Å²) in [4.78, 5) is 11.9. The molecule has 1 aromatic heterocycles. The van der Waals surface area contributed by atoms with Gasteiger partial charge in [-0.1, -0.05) is 38.1 Å². The van der Waals surface area contributed by atoms with Crippen molar-refractivity contribution >= 4 is 16.8 Å². The van der Waals surface area contributed by atoms with Gasteiger partial charge in [0, 0.05) is 6.42 Å². The number of ketones is 1. The Morgan fingerprint density at radius 1 is 1.29 bits per heavy atom. The van der Waals surface area contributed by atoms with Crippen LogP contribution in [0.15, 0.2) is 24.3 Å². The number of benzene rings is 1. The van der Waals surface area contributed by atoms with Gasteiger partial charge in [-0.3, -0.25) is 4.79 Å². The van der Waals surface area contributed by atoms with Gasteiger partial charge in [-0.05, 0) is 17.5 Å². The highest BCUT2D eigenvalue weighted by Crippen LogP contribution is 2.19. The lowest BCUT2D eigenvalue weighted by molar-refractivity contribution is -0.121. The zero-order valence-corrected chi connectivity index (χ0v) is 10.5. The fourth-order valence-electron chi connectivity index (χ4n) is 1.85. The van der Waals surface area contributed by atoms with Gasteiger partial charge in [-0.15, -0.1) is 5.10 Å². The van der Waals surface area contributed by atoms with Crippen LogP contribution in [-0.4, -0.2) is 20.8 Å². The number of carbonyl (C=O) groups excluding carboxylic acids is 1. The van der Waals surface area contributed by atoms with E-state index >= 15 is 0 Å². The summed E-state index contributed by atoms with van der Waals surface area (Å²) in [6.45, 7) is 6.48. The first-order valence-electron chi connectivity index (χ1n) is 5.76. The maximum absolute atomic E-state index is 11.9. The van der Waals surface area contributed by atoms with E-state index in [1.807, 2.05) is 24.3 Å². The van der Waals surface area contributed by atoms with Crippen molar-refractivity contribution in [3.05, 3.63) is 24.3 Å². The fraction of sp³-hybridized carbons (Fsp3) is 0.462. The van der Waals surface area contributed by atoms with Crippen LogP contribution in [0, 0.1) is 5.41 Å². The number of carbonyl (C=O) groups is 1. The van der Waals surface area contributed by atoms with Crippen molar-refractivity contribution in [2.45, 2.75) is 33.7 Å². The Labute approximate surface area is 101 Å². The zero-order valence-electron chi connectivity index (χ0n) is 10.5. The Kier molecular flexibility index (Phi) is 2.96. The summed E-state index contributed by atoms with van der Waals surface area (Å²) in [7, 11) is 0. The highest BCUT2D eigenvalue weighted by atomic mass is 16.1. The van der Waals surface area contributed by atoms with Crippen LogP contribution < -0.4 is 0 Å². The molecule has 0 N–H and O–H groups in total. The second kappa shape index (κ2) is 4.28. The average Bonchev–Trinajstić information content (AvgIpc) is 2.59. The summed E-state index contributed by atoms with van der Waals surface area (Å²) in [5.74, 6) is 0.188.